The van der Waals surface area contributed by atoms with Crippen molar-refractivity contribution >= 4 is 0 Å². The molecule has 1 aliphatic carbocycles. The Hall–Kier alpha value is -0.580. The molecule has 1 fully saturated rings. The van der Waals surface area contributed by atoms with Crippen LogP contribution in [0.2, 0.25) is 0 Å². The van der Waals surface area contributed by atoms with Gasteiger partial charge in [0, 0.05) is 0 Å². The van der Waals surface area contributed by atoms with E-state index in [1.54, 1.807) is 0 Å². The van der Waals surface area contributed by atoms with E-state index in [1.807, 2.05) is 5.92 Å². The topological polar surface area (TPSA) is 0 Å². The summed E-state index contributed by atoms with van der Waals surface area (Å²) in [6, 6.07) is 0. The normalized spacial score (nSPS) is 23.0. The van der Waals surface area contributed by atoms with Crippen molar-refractivity contribution in [2.75, 3.05) is 0 Å². The lowest BCUT2D eigenvalue weighted by Gasteiger charge is -2.23. The molecule has 0 aromatic carbocycles. The van der Waals surface area contributed by atoms with Crippen LogP contribution in [-0.2, 0) is 0 Å². The second-order valence-electron chi connectivity index (χ2n) is 2.75. The minimum Gasteiger partial charge on any atom is -0.230 e. The summed E-state index contributed by atoms with van der Waals surface area (Å²) in [5.74, 6) is 1.98. The van der Waals surface area contributed by atoms with Gasteiger partial charge in [0.25, 0.3) is 0 Å². The minimum atomic E-state index is -1.51. The summed E-state index contributed by atoms with van der Waals surface area (Å²) in [5.41, 5.74) is -1.51. The van der Waals surface area contributed by atoms with Gasteiger partial charge in [0.05, 0.1) is 0 Å². The summed E-state index contributed by atoms with van der Waals surface area (Å²) in [5, 5.41) is 0. The average molecular weight is 144 g/mol. The molecule has 0 spiro atoms. The highest BCUT2D eigenvalue weighted by Gasteiger charge is 2.29. The number of alkyl halides is 1. The van der Waals surface area contributed by atoms with E-state index in [9.17, 15) is 8.78 Å². The Balaban J connectivity index is 2.53. The highest BCUT2D eigenvalue weighted by Crippen LogP contribution is 2.30. The maximum Gasteiger partial charge on any atom is 0.173 e. The van der Waals surface area contributed by atoms with Crippen molar-refractivity contribution in [1.29, 1.82) is 0 Å². The Labute approximate surface area is 59.6 Å². The molecule has 10 heavy (non-hydrogen) atoms. The molecule has 0 bridgehead atoms. The lowest BCUT2D eigenvalue weighted by molar-refractivity contribution is 0.174. The van der Waals surface area contributed by atoms with Crippen LogP contribution in [0.15, 0.2) is 0 Å². The van der Waals surface area contributed by atoms with Crippen LogP contribution in [0.4, 0.5) is 8.78 Å². The zero-order valence-corrected chi connectivity index (χ0v) is 5.79. The first-order chi connectivity index (χ1) is 4.77. The van der Waals surface area contributed by atoms with Gasteiger partial charge in [0.1, 0.15) is 6.17 Å². The van der Waals surface area contributed by atoms with Crippen molar-refractivity contribution in [3.63, 3.8) is 0 Å². The molecule has 1 saturated carbocycles. The van der Waals surface area contributed by atoms with Crippen LogP contribution in [-0.4, -0.2) is 5.67 Å². The van der Waals surface area contributed by atoms with E-state index in [-0.39, 0.29) is 0 Å². The first-order valence-corrected chi connectivity index (χ1v) is 3.59. The lowest BCUT2D eigenvalue weighted by Crippen LogP contribution is -2.23. The zero-order valence-electron chi connectivity index (χ0n) is 5.79. The monoisotopic (exact) mass is 144 g/mol. The third-order valence-corrected chi connectivity index (χ3v) is 1.92. The maximum atomic E-state index is 13.2. The van der Waals surface area contributed by atoms with E-state index < -0.39 is 5.67 Å². The van der Waals surface area contributed by atoms with Gasteiger partial charge in [-0.25, -0.2) is 4.39 Å². The minimum absolute atomic E-state index is 0.407. The summed E-state index contributed by atoms with van der Waals surface area (Å²) < 4.78 is 24.6. The van der Waals surface area contributed by atoms with Gasteiger partial charge in [-0.05, 0) is 31.6 Å². The Morgan fingerprint density at radius 2 is 1.70 bits per heavy atom. The average Bonchev–Trinajstić information content (AvgIpc) is 1.89. The van der Waals surface area contributed by atoms with Crippen LogP contribution >= 0.6 is 0 Å². The highest BCUT2D eigenvalue weighted by molar-refractivity contribution is 5.11. The van der Waals surface area contributed by atoms with Crippen LogP contribution in [0.25, 0.3) is 0 Å². The quantitative estimate of drug-likeness (QED) is 0.458. The predicted molar refractivity (Wildman–Crippen MR) is 35.8 cm³/mol. The molecule has 0 aromatic rings. The Morgan fingerprint density at radius 3 is 2.20 bits per heavy atom. The molecule has 0 aliphatic heterocycles. The van der Waals surface area contributed by atoms with Crippen molar-refractivity contribution in [3.8, 4) is 12.1 Å². The van der Waals surface area contributed by atoms with Gasteiger partial charge < -0.3 is 0 Å². The molecule has 0 saturated heterocycles. The smallest absolute Gasteiger partial charge is 0.173 e. The second-order valence-corrected chi connectivity index (χ2v) is 2.75. The van der Waals surface area contributed by atoms with E-state index in [0.29, 0.717) is 12.8 Å². The fraction of sp³-hybridized carbons (Fsp3) is 0.750. The fourth-order valence-electron chi connectivity index (χ4n) is 1.32. The van der Waals surface area contributed by atoms with Crippen molar-refractivity contribution < 1.29 is 8.78 Å². The van der Waals surface area contributed by atoms with E-state index in [2.05, 4.69) is 0 Å². The molecule has 1 rings (SSSR count). The van der Waals surface area contributed by atoms with E-state index in [4.69, 9.17) is 0 Å². The van der Waals surface area contributed by atoms with Crippen LogP contribution in [0.1, 0.15) is 32.1 Å². The first-order valence-electron chi connectivity index (χ1n) is 3.59. The second kappa shape index (κ2) is 3.01. The molecule has 0 N–H and O–H groups in total. The summed E-state index contributed by atoms with van der Waals surface area (Å²) >= 11 is 0. The summed E-state index contributed by atoms with van der Waals surface area (Å²) in [4.78, 5) is 0. The molecule has 2 heteroatoms. The largest absolute Gasteiger partial charge is 0.230 e. The third-order valence-electron chi connectivity index (χ3n) is 1.92. The van der Waals surface area contributed by atoms with E-state index >= 15 is 0 Å². The molecule has 0 radical (unpaired) electrons. The van der Waals surface area contributed by atoms with Gasteiger partial charge in [-0.3, -0.25) is 0 Å². The van der Waals surface area contributed by atoms with E-state index in [1.165, 1.54) is 0 Å². The molecule has 0 aromatic heterocycles. The van der Waals surface area contributed by atoms with Crippen LogP contribution in [0, 0.1) is 12.1 Å². The number of halogens is 2. The number of hydrogen-bond acceptors (Lipinski definition) is 0. The Bertz CT molecular complexity index is 158. The van der Waals surface area contributed by atoms with Crippen LogP contribution in [0.3, 0.4) is 0 Å². The summed E-state index contributed by atoms with van der Waals surface area (Å²) in [6.07, 6.45) is 4.70. The highest BCUT2D eigenvalue weighted by atomic mass is 19.1. The van der Waals surface area contributed by atoms with Gasteiger partial charge in [-0.2, -0.15) is 0 Å². The predicted octanol–water partition coefficient (Wildman–Crippen LogP) is 2.59. The van der Waals surface area contributed by atoms with Gasteiger partial charge >= 0.3 is 0 Å². The lowest BCUT2D eigenvalue weighted by atomic mass is 9.87. The molecule has 0 heterocycles. The van der Waals surface area contributed by atoms with Crippen LogP contribution < -0.4 is 0 Å². The van der Waals surface area contributed by atoms with Gasteiger partial charge in [0.15, 0.2) is 5.67 Å². The molecule has 1 aliphatic rings. The fourth-order valence-corrected chi connectivity index (χ4v) is 1.32. The van der Waals surface area contributed by atoms with Crippen molar-refractivity contribution in [1.82, 2.24) is 0 Å². The number of rotatable bonds is 0. The van der Waals surface area contributed by atoms with Crippen molar-refractivity contribution in [2.24, 2.45) is 0 Å². The molecule has 0 atom stereocenters. The molecule has 0 unspecified atom stereocenters. The van der Waals surface area contributed by atoms with Gasteiger partial charge in [0.2, 0.25) is 0 Å². The molecule has 0 nitrogen and oxygen atoms in total. The molecular formula is C8H10F2. The molecular weight excluding hydrogens is 134 g/mol. The van der Waals surface area contributed by atoms with Crippen molar-refractivity contribution in [3.05, 3.63) is 0 Å². The Kier molecular flexibility index (Phi) is 2.26. The number of hydrogen-bond donors (Lipinski definition) is 0. The van der Waals surface area contributed by atoms with Crippen molar-refractivity contribution in [2.45, 2.75) is 37.8 Å². The zero-order chi connectivity index (χ0) is 7.45. The molecule has 0 amide bonds. The van der Waals surface area contributed by atoms with Gasteiger partial charge in [-0.1, -0.05) is 6.42 Å². The standard InChI is InChI=1S/C8H10F2/c9-7-6-8(10)4-2-1-3-5-8/h1-5H2. The first kappa shape index (κ1) is 7.53. The van der Waals surface area contributed by atoms with Crippen LogP contribution in [0.5, 0.6) is 0 Å². The maximum absolute atomic E-state index is 13.2. The van der Waals surface area contributed by atoms with E-state index in [0.717, 1.165) is 25.4 Å². The van der Waals surface area contributed by atoms with Gasteiger partial charge in [-0.15, -0.1) is 4.39 Å². The molecule has 56 valence electrons. The SMILES string of the molecule is FC#CC1(F)CCCCC1. The summed E-state index contributed by atoms with van der Waals surface area (Å²) in [6.45, 7) is 0. The third kappa shape index (κ3) is 1.70. The Morgan fingerprint density at radius 1 is 1.10 bits per heavy atom. The summed E-state index contributed by atoms with van der Waals surface area (Å²) in [7, 11) is 0.